The van der Waals surface area contributed by atoms with Crippen LogP contribution < -0.4 is 10.1 Å². The molecule has 2 fully saturated rings. The van der Waals surface area contributed by atoms with Gasteiger partial charge in [0.1, 0.15) is 11.9 Å². The summed E-state index contributed by atoms with van der Waals surface area (Å²) in [5, 5.41) is 3.68. The summed E-state index contributed by atoms with van der Waals surface area (Å²) < 4.78 is 6.45. The maximum Gasteiger partial charge on any atom is 0.122 e. The van der Waals surface area contributed by atoms with Gasteiger partial charge in [-0.2, -0.15) is 0 Å². The number of rotatable bonds is 5. The molecule has 1 spiro atoms. The van der Waals surface area contributed by atoms with E-state index in [9.17, 15) is 0 Å². The van der Waals surface area contributed by atoms with Crippen molar-refractivity contribution >= 4 is 0 Å². The van der Waals surface area contributed by atoms with Gasteiger partial charge < -0.3 is 10.1 Å². The Labute approximate surface area is 122 Å². The molecule has 1 aromatic rings. The van der Waals surface area contributed by atoms with Crippen LogP contribution in [0.25, 0.3) is 0 Å². The van der Waals surface area contributed by atoms with Gasteiger partial charge in [-0.15, -0.1) is 0 Å². The first-order chi connectivity index (χ1) is 9.80. The number of hydrogen-bond acceptors (Lipinski definition) is 2. The van der Waals surface area contributed by atoms with Crippen LogP contribution in [0.4, 0.5) is 0 Å². The van der Waals surface area contributed by atoms with Crippen LogP contribution in [0.5, 0.6) is 5.75 Å². The van der Waals surface area contributed by atoms with Gasteiger partial charge in [-0.3, -0.25) is 0 Å². The van der Waals surface area contributed by atoms with Crippen molar-refractivity contribution in [3.8, 4) is 5.75 Å². The Morgan fingerprint density at radius 3 is 2.65 bits per heavy atom. The first-order valence-electron chi connectivity index (χ1n) is 8.28. The molecule has 0 radical (unpaired) electrons. The highest BCUT2D eigenvalue weighted by atomic mass is 16.5. The fourth-order valence-corrected chi connectivity index (χ4v) is 4.21. The van der Waals surface area contributed by atoms with E-state index in [4.69, 9.17) is 4.74 Å². The monoisotopic (exact) mass is 273 g/mol. The van der Waals surface area contributed by atoms with Crippen molar-refractivity contribution < 1.29 is 4.74 Å². The Balaban J connectivity index is 1.74. The molecule has 2 saturated carbocycles. The first kappa shape index (κ1) is 13.9. The van der Waals surface area contributed by atoms with Crippen LogP contribution >= 0.6 is 0 Å². The minimum atomic E-state index is 0.414. The molecule has 2 aliphatic carbocycles. The fraction of sp³-hybridized carbons (Fsp3) is 0.667. The van der Waals surface area contributed by atoms with Crippen LogP contribution in [-0.2, 0) is 6.42 Å². The number of nitrogens with one attached hydrogen (secondary N) is 1. The van der Waals surface area contributed by atoms with E-state index in [0.717, 1.165) is 18.7 Å². The predicted octanol–water partition coefficient (Wildman–Crippen LogP) is 3.94. The summed E-state index contributed by atoms with van der Waals surface area (Å²) in [7, 11) is 0. The molecule has 2 aliphatic rings. The summed E-state index contributed by atoms with van der Waals surface area (Å²) in [5.74, 6) is 1.11. The van der Waals surface area contributed by atoms with Gasteiger partial charge >= 0.3 is 0 Å². The van der Waals surface area contributed by atoms with Crippen LogP contribution in [0, 0.1) is 5.41 Å². The number of hydrogen-bond donors (Lipinski definition) is 1. The second-order valence-electron chi connectivity index (χ2n) is 6.35. The average molecular weight is 273 g/mol. The molecule has 0 heterocycles. The molecule has 20 heavy (non-hydrogen) atoms. The van der Waals surface area contributed by atoms with Gasteiger partial charge in [0.05, 0.1) is 0 Å². The van der Waals surface area contributed by atoms with E-state index in [2.05, 4.69) is 43.4 Å². The van der Waals surface area contributed by atoms with Gasteiger partial charge in [-0.25, -0.2) is 0 Å². The van der Waals surface area contributed by atoms with Crippen molar-refractivity contribution in [3.05, 3.63) is 29.8 Å². The zero-order chi connectivity index (χ0) is 14.0. The van der Waals surface area contributed by atoms with Gasteiger partial charge in [0.2, 0.25) is 0 Å². The largest absolute Gasteiger partial charge is 0.489 e. The Kier molecular flexibility index (Phi) is 4.02. The maximum absolute atomic E-state index is 6.45. The Morgan fingerprint density at radius 2 is 1.95 bits per heavy atom. The molecular weight excluding hydrogens is 246 g/mol. The summed E-state index contributed by atoms with van der Waals surface area (Å²) in [4.78, 5) is 0. The highest BCUT2D eigenvalue weighted by Gasteiger charge is 2.57. The number of para-hydroxylation sites is 1. The molecule has 0 aliphatic heterocycles. The third-order valence-corrected chi connectivity index (χ3v) is 5.39. The molecule has 2 unspecified atom stereocenters. The summed E-state index contributed by atoms with van der Waals surface area (Å²) in [6.07, 6.45) is 8.06. The van der Waals surface area contributed by atoms with Crippen molar-refractivity contribution in [2.24, 2.45) is 5.41 Å². The molecule has 1 aromatic carbocycles. The summed E-state index contributed by atoms with van der Waals surface area (Å²) >= 11 is 0. The average Bonchev–Trinajstić information content (AvgIpc) is 2.99. The molecule has 110 valence electrons. The van der Waals surface area contributed by atoms with Gasteiger partial charge in [-0.1, -0.05) is 44.9 Å². The quantitative estimate of drug-likeness (QED) is 0.877. The van der Waals surface area contributed by atoms with Gasteiger partial charge in [0, 0.05) is 17.9 Å². The second-order valence-corrected chi connectivity index (χ2v) is 6.35. The molecule has 2 heteroatoms. The Bertz CT molecular complexity index is 450. The molecular formula is C18H27NO. The van der Waals surface area contributed by atoms with Crippen molar-refractivity contribution in [1.82, 2.24) is 5.32 Å². The molecule has 2 nitrogen and oxygen atoms in total. The summed E-state index contributed by atoms with van der Waals surface area (Å²) in [5.41, 5.74) is 1.75. The van der Waals surface area contributed by atoms with E-state index in [-0.39, 0.29) is 0 Å². The SMILES string of the molecule is CCNC1CC(Oc2ccccc2CC)C12CCCC2. The fourth-order valence-electron chi connectivity index (χ4n) is 4.21. The molecule has 3 rings (SSSR count). The highest BCUT2D eigenvalue weighted by Crippen LogP contribution is 2.54. The van der Waals surface area contributed by atoms with Crippen LogP contribution in [0.1, 0.15) is 51.5 Å². The zero-order valence-corrected chi connectivity index (χ0v) is 12.8. The molecule has 1 N–H and O–H groups in total. The Hall–Kier alpha value is -1.02. The van der Waals surface area contributed by atoms with E-state index in [0.29, 0.717) is 17.6 Å². The van der Waals surface area contributed by atoms with Crippen molar-refractivity contribution in [2.45, 2.75) is 64.5 Å². The standard InChI is InChI=1S/C18H27NO/c1-3-14-9-5-6-10-15(14)20-17-13-16(19-4-2)18(17)11-7-8-12-18/h5-6,9-10,16-17,19H,3-4,7-8,11-13H2,1-2H3. The topological polar surface area (TPSA) is 21.3 Å². The molecule has 2 atom stereocenters. The van der Waals surface area contributed by atoms with E-state index >= 15 is 0 Å². The number of benzene rings is 1. The highest BCUT2D eigenvalue weighted by molar-refractivity contribution is 5.34. The van der Waals surface area contributed by atoms with Crippen molar-refractivity contribution in [2.75, 3.05) is 6.54 Å². The van der Waals surface area contributed by atoms with Gasteiger partial charge in [0.15, 0.2) is 0 Å². The number of aryl methyl sites for hydroxylation is 1. The third kappa shape index (κ3) is 2.24. The third-order valence-electron chi connectivity index (χ3n) is 5.39. The van der Waals surface area contributed by atoms with Crippen molar-refractivity contribution in [3.63, 3.8) is 0 Å². The minimum Gasteiger partial charge on any atom is -0.489 e. The van der Waals surface area contributed by atoms with Crippen LogP contribution in [0.15, 0.2) is 24.3 Å². The lowest BCUT2D eigenvalue weighted by Crippen LogP contribution is -2.63. The molecule has 0 bridgehead atoms. The first-order valence-corrected chi connectivity index (χ1v) is 8.28. The predicted molar refractivity (Wildman–Crippen MR) is 83.2 cm³/mol. The lowest BCUT2D eigenvalue weighted by atomic mass is 9.60. The number of ether oxygens (including phenoxy) is 1. The van der Waals surface area contributed by atoms with Crippen LogP contribution in [0.3, 0.4) is 0 Å². The van der Waals surface area contributed by atoms with Gasteiger partial charge in [0.25, 0.3) is 0 Å². The van der Waals surface area contributed by atoms with E-state index < -0.39 is 0 Å². The van der Waals surface area contributed by atoms with Gasteiger partial charge in [-0.05, 0) is 37.4 Å². The lowest BCUT2D eigenvalue weighted by molar-refractivity contribution is -0.0759. The second kappa shape index (κ2) is 5.77. The van der Waals surface area contributed by atoms with Crippen molar-refractivity contribution in [1.29, 1.82) is 0 Å². The van der Waals surface area contributed by atoms with E-state index in [1.165, 1.54) is 37.7 Å². The minimum absolute atomic E-state index is 0.414. The molecule has 0 saturated heterocycles. The Morgan fingerprint density at radius 1 is 1.20 bits per heavy atom. The maximum atomic E-state index is 6.45. The normalized spacial score (nSPS) is 27.5. The summed E-state index contributed by atoms with van der Waals surface area (Å²) in [6.45, 7) is 5.49. The smallest absolute Gasteiger partial charge is 0.122 e. The van der Waals surface area contributed by atoms with E-state index in [1.807, 2.05) is 0 Å². The summed E-state index contributed by atoms with van der Waals surface area (Å²) in [6, 6.07) is 9.21. The molecule has 0 amide bonds. The zero-order valence-electron chi connectivity index (χ0n) is 12.8. The molecule has 0 aromatic heterocycles. The van der Waals surface area contributed by atoms with Crippen LogP contribution in [0.2, 0.25) is 0 Å². The lowest BCUT2D eigenvalue weighted by Gasteiger charge is -2.54. The van der Waals surface area contributed by atoms with E-state index in [1.54, 1.807) is 0 Å². The van der Waals surface area contributed by atoms with Crippen LogP contribution in [-0.4, -0.2) is 18.7 Å².